The summed E-state index contributed by atoms with van der Waals surface area (Å²) in [5.74, 6) is -0.480. The molecular weight excluding hydrogens is 207 g/mol. The fourth-order valence-electron chi connectivity index (χ4n) is 0.743. The van der Waals surface area contributed by atoms with Crippen LogP contribution in [-0.2, 0) is 6.18 Å². The predicted octanol–water partition coefficient (Wildman–Crippen LogP) is 2.41. The lowest BCUT2D eigenvalue weighted by Gasteiger charge is -2.06. The van der Waals surface area contributed by atoms with Gasteiger partial charge in [-0.05, 0) is 12.1 Å². The Hall–Kier alpha value is -1.59. The van der Waals surface area contributed by atoms with E-state index >= 15 is 0 Å². The molecule has 0 spiro atoms. The van der Waals surface area contributed by atoms with E-state index in [0.717, 1.165) is 12.1 Å². The summed E-state index contributed by atoms with van der Waals surface area (Å²) in [6.45, 7) is 4.00. The summed E-state index contributed by atoms with van der Waals surface area (Å²) in [6, 6.07) is 3.23. The van der Waals surface area contributed by atoms with Gasteiger partial charge in [-0.1, -0.05) is 19.9 Å². The number of hydrogen-bond donors (Lipinski definition) is 2. The van der Waals surface area contributed by atoms with Gasteiger partial charge in [-0.2, -0.15) is 13.2 Å². The third-order valence-electron chi connectivity index (χ3n) is 1.32. The Morgan fingerprint density at radius 2 is 1.87 bits per heavy atom. The monoisotopic (exact) mass is 219 g/mol. The van der Waals surface area contributed by atoms with Crippen molar-refractivity contribution >= 4 is 5.84 Å². The predicted molar refractivity (Wildman–Crippen MR) is 51.6 cm³/mol. The molecule has 1 heterocycles. The van der Waals surface area contributed by atoms with Gasteiger partial charge in [0.1, 0.15) is 17.2 Å². The molecular formula is C9H12F3N3. The fourth-order valence-corrected chi connectivity index (χ4v) is 0.743. The first-order valence-corrected chi connectivity index (χ1v) is 4.30. The number of pyridine rings is 1. The average molecular weight is 219 g/mol. The first-order valence-electron chi connectivity index (χ1n) is 4.30. The lowest BCUT2D eigenvalue weighted by molar-refractivity contribution is -0.141. The molecule has 1 aromatic heterocycles. The van der Waals surface area contributed by atoms with Gasteiger partial charge in [0, 0.05) is 0 Å². The number of nitrogens with two attached hydrogens (primary N) is 1. The summed E-state index contributed by atoms with van der Waals surface area (Å²) in [5.41, 5.74) is 3.77. The van der Waals surface area contributed by atoms with Crippen molar-refractivity contribution in [2.75, 3.05) is 0 Å². The number of aromatic nitrogens is 1. The zero-order chi connectivity index (χ0) is 12.1. The largest absolute Gasteiger partial charge is 0.433 e. The van der Waals surface area contributed by atoms with Crippen molar-refractivity contribution in [3.05, 3.63) is 29.6 Å². The first kappa shape index (κ1) is 13.4. The van der Waals surface area contributed by atoms with E-state index in [0.29, 0.717) is 0 Å². The van der Waals surface area contributed by atoms with Gasteiger partial charge in [-0.15, -0.1) is 0 Å². The number of hydrogen-bond acceptors (Lipinski definition) is 2. The lowest BCUT2D eigenvalue weighted by Crippen LogP contribution is -2.16. The molecule has 0 aromatic carbocycles. The molecule has 0 aliphatic heterocycles. The molecule has 3 nitrogen and oxygen atoms in total. The number of nitrogen functional groups attached to an aromatic ring is 1. The maximum absolute atomic E-state index is 12.1. The molecule has 15 heavy (non-hydrogen) atoms. The molecule has 0 saturated heterocycles. The van der Waals surface area contributed by atoms with Gasteiger partial charge in [0.2, 0.25) is 0 Å². The van der Waals surface area contributed by atoms with Crippen LogP contribution in [0.25, 0.3) is 0 Å². The highest BCUT2D eigenvalue weighted by Gasteiger charge is 2.32. The van der Waals surface area contributed by atoms with E-state index in [1.54, 1.807) is 0 Å². The van der Waals surface area contributed by atoms with Crippen LogP contribution in [0, 0.1) is 5.41 Å². The van der Waals surface area contributed by atoms with E-state index in [2.05, 4.69) is 4.98 Å². The van der Waals surface area contributed by atoms with Gasteiger partial charge >= 0.3 is 6.18 Å². The molecule has 3 N–H and O–H groups in total. The number of rotatable bonds is 1. The van der Waals surface area contributed by atoms with Crippen LogP contribution in [0.4, 0.5) is 13.2 Å². The maximum atomic E-state index is 12.1. The topological polar surface area (TPSA) is 62.8 Å². The Balaban J connectivity index is 0.000000921. The molecule has 0 atom stereocenters. The van der Waals surface area contributed by atoms with Crippen LogP contribution in [0.3, 0.4) is 0 Å². The van der Waals surface area contributed by atoms with Crippen molar-refractivity contribution < 1.29 is 13.2 Å². The molecule has 0 unspecified atom stereocenters. The highest BCUT2D eigenvalue weighted by molar-refractivity contribution is 5.92. The molecule has 6 heteroatoms. The summed E-state index contributed by atoms with van der Waals surface area (Å²) < 4.78 is 36.2. The van der Waals surface area contributed by atoms with Crippen LogP contribution < -0.4 is 5.73 Å². The standard InChI is InChI=1S/C7H6F3N3.C2H6/c8-7(9,10)5-3-1-2-4(13-5)6(11)12;1-2/h1-3H,(H3,11,12);1-2H3. The maximum Gasteiger partial charge on any atom is 0.433 e. The second-order valence-electron chi connectivity index (χ2n) is 2.32. The molecule has 1 rings (SSSR count). The lowest BCUT2D eigenvalue weighted by atomic mass is 10.3. The summed E-state index contributed by atoms with van der Waals surface area (Å²) in [4.78, 5) is 3.17. The van der Waals surface area contributed by atoms with E-state index in [9.17, 15) is 13.2 Å². The van der Waals surface area contributed by atoms with Crippen molar-refractivity contribution in [1.29, 1.82) is 5.41 Å². The van der Waals surface area contributed by atoms with Gasteiger partial charge in [-0.3, -0.25) is 5.41 Å². The van der Waals surface area contributed by atoms with Crippen LogP contribution in [0.15, 0.2) is 18.2 Å². The van der Waals surface area contributed by atoms with Gasteiger partial charge in [0.15, 0.2) is 0 Å². The van der Waals surface area contributed by atoms with E-state index in [1.807, 2.05) is 13.8 Å². The van der Waals surface area contributed by atoms with Crippen molar-refractivity contribution in [1.82, 2.24) is 4.98 Å². The number of amidine groups is 1. The average Bonchev–Trinajstić information content (AvgIpc) is 2.20. The second-order valence-corrected chi connectivity index (χ2v) is 2.32. The molecule has 0 radical (unpaired) electrons. The Morgan fingerprint density at radius 3 is 2.27 bits per heavy atom. The molecule has 0 aliphatic carbocycles. The van der Waals surface area contributed by atoms with Crippen molar-refractivity contribution in [3.8, 4) is 0 Å². The van der Waals surface area contributed by atoms with E-state index < -0.39 is 17.7 Å². The van der Waals surface area contributed by atoms with Crippen LogP contribution in [-0.4, -0.2) is 10.8 Å². The third kappa shape index (κ3) is 3.97. The Kier molecular flexibility index (Phi) is 4.77. The van der Waals surface area contributed by atoms with Crippen molar-refractivity contribution in [2.45, 2.75) is 20.0 Å². The molecule has 1 aromatic rings. The van der Waals surface area contributed by atoms with E-state index in [4.69, 9.17) is 11.1 Å². The summed E-state index contributed by atoms with van der Waals surface area (Å²) >= 11 is 0. The van der Waals surface area contributed by atoms with Gasteiger partial charge in [0.25, 0.3) is 0 Å². The van der Waals surface area contributed by atoms with Gasteiger partial charge < -0.3 is 5.73 Å². The molecule has 0 aliphatic rings. The molecule has 0 amide bonds. The van der Waals surface area contributed by atoms with E-state index in [1.165, 1.54) is 6.07 Å². The smallest absolute Gasteiger partial charge is 0.382 e. The van der Waals surface area contributed by atoms with Crippen molar-refractivity contribution in [3.63, 3.8) is 0 Å². The zero-order valence-corrected chi connectivity index (χ0v) is 8.39. The van der Waals surface area contributed by atoms with Crippen LogP contribution in [0.2, 0.25) is 0 Å². The normalized spacial score (nSPS) is 10.2. The molecule has 84 valence electrons. The minimum Gasteiger partial charge on any atom is -0.382 e. The number of halogens is 3. The number of nitrogens with one attached hydrogen (secondary N) is 1. The second kappa shape index (κ2) is 5.33. The van der Waals surface area contributed by atoms with Crippen molar-refractivity contribution in [2.24, 2.45) is 5.73 Å². The highest BCUT2D eigenvalue weighted by Crippen LogP contribution is 2.27. The van der Waals surface area contributed by atoms with Crippen LogP contribution in [0.1, 0.15) is 25.2 Å². The van der Waals surface area contributed by atoms with E-state index in [-0.39, 0.29) is 5.69 Å². The van der Waals surface area contributed by atoms with Gasteiger partial charge in [-0.25, -0.2) is 4.98 Å². The minimum atomic E-state index is -4.49. The quantitative estimate of drug-likeness (QED) is 0.562. The summed E-state index contributed by atoms with van der Waals surface area (Å²) in [5, 5.41) is 6.88. The van der Waals surface area contributed by atoms with Crippen LogP contribution >= 0.6 is 0 Å². The fraction of sp³-hybridized carbons (Fsp3) is 0.333. The Morgan fingerprint density at radius 1 is 1.33 bits per heavy atom. The molecule has 0 fully saturated rings. The SMILES string of the molecule is CC.N=C(N)c1cccc(C(F)(F)F)n1. The first-order chi connectivity index (χ1) is 6.91. The summed E-state index contributed by atoms with van der Waals surface area (Å²) in [6.07, 6.45) is -4.49. The molecule has 0 bridgehead atoms. The Labute approximate surface area is 85.6 Å². The van der Waals surface area contributed by atoms with Gasteiger partial charge in [0.05, 0.1) is 0 Å². The van der Waals surface area contributed by atoms with Crippen LogP contribution in [0.5, 0.6) is 0 Å². The number of nitrogens with zero attached hydrogens (tertiary/aromatic N) is 1. The summed E-state index contributed by atoms with van der Waals surface area (Å²) in [7, 11) is 0. The highest BCUT2D eigenvalue weighted by atomic mass is 19.4. The number of alkyl halides is 3. The zero-order valence-electron chi connectivity index (χ0n) is 8.39. The Bertz CT molecular complexity index is 334. The molecule has 0 saturated carbocycles. The minimum absolute atomic E-state index is 0.171. The third-order valence-corrected chi connectivity index (χ3v) is 1.32.